The fourth-order valence-corrected chi connectivity index (χ4v) is 2.36. The average Bonchev–Trinajstić information content (AvgIpc) is 2.46. The van der Waals surface area contributed by atoms with Crippen molar-refractivity contribution < 1.29 is 0 Å². The van der Waals surface area contributed by atoms with Crippen LogP contribution in [0.3, 0.4) is 0 Å². The van der Waals surface area contributed by atoms with Crippen molar-refractivity contribution in [3.63, 3.8) is 0 Å². The van der Waals surface area contributed by atoms with Crippen LogP contribution in [0.4, 0.5) is 5.82 Å². The number of hydrogen-bond donors (Lipinski definition) is 1. The number of aryl methyl sites for hydroxylation is 1. The molecule has 0 radical (unpaired) electrons. The molecule has 100 valence electrons. The van der Waals surface area contributed by atoms with Crippen molar-refractivity contribution in [3.05, 3.63) is 54.2 Å². The van der Waals surface area contributed by atoms with Crippen LogP contribution in [0, 0.1) is 0 Å². The molecule has 0 amide bonds. The molecular weight excluding hydrogens is 246 g/mol. The van der Waals surface area contributed by atoms with Gasteiger partial charge in [-0.2, -0.15) is 0 Å². The van der Waals surface area contributed by atoms with Gasteiger partial charge in [-0.25, -0.2) is 9.97 Å². The topological polar surface area (TPSA) is 51.8 Å². The number of anilines is 1. The van der Waals surface area contributed by atoms with Crippen LogP contribution in [0.15, 0.2) is 48.5 Å². The molecule has 3 rings (SSSR count). The van der Waals surface area contributed by atoms with Crippen molar-refractivity contribution in [2.24, 2.45) is 0 Å². The lowest BCUT2D eigenvalue weighted by atomic mass is 10.1. The van der Waals surface area contributed by atoms with E-state index >= 15 is 0 Å². The first kappa shape index (κ1) is 12.6. The molecule has 3 nitrogen and oxygen atoms in total. The van der Waals surface area contributed by atoms with Gasteiger partial charge in [-0.1, -0.05) is 49.7 Å². The van der Waals surface area contributed by atoms with Gasteiger partial charge in [-0.15, -0.1) is 0 Å². The summed E-state index contributed by atoms with van der Waals surface area (Å²) >= 11 is 0. The molecule has 1 aromatic heterocycles. The molecule has 0 aliphatic carbocycles. The Hall–Kier alpha value is -2.42. The summed E-state index contributed by atoms with van der Waals surface area (Å²) in [4.78, 5) is 8.97. The Bertz CT molecular complexity index is 750. The van der Waals surface area contributed by atoms with E-state index in [0.717, 1.165) is 24.1 Å². The summed E-state index contributed by atoms with van der Waals surface area (Å²) in [5.41, 5.74) is 7.90. The molecular formula is C17H17N3. The standard InChI is InChI=1S/C17H17N3/c1-2-5-15-11-16(18)20-17(19-15)14-9-8-12-6-3-4-7-13(12)10-14/h3-4,6-11H,2,5H2,1H3,(H2,18,19,20). The summed E-state index contributed by atoms with van der Waals surface area (Å²) in [6.07, 6.45) is 1.97. The molecule has 0 aliphatic rings. The molecule has 3 aromatic rings. The van der Waals surface area contributed by atoms with Gasteiger partial charge in [-0.3, -0.25) is 0 Å². The third kappa shape index (κ3) is 2.48. The number of nitrogens with two attached hydrogens (primary N) is 1. The van der Waals surface area contributed by atoms with E-state index in [1.807, 2.05) is 24.3 Å². The molecule has 2 aromatic carbocycles. The quantitative estimate of drug-likeness (QED) is 0.781. The minimum absolute atomic E-state index is 0.534. The predicted molar refractivity (Wildman–Crippen MR) is 83.4 cm³/mol. The fourth-order valence-electron chi connectivity index (χ4n) is 2.36. The van der Waals surface area contributed by atoms with E-state index in [1.54, 1.807) is 0 Å². The molecule has 20 heavy (non-hydrogen) atoms. The van der Waals surface area contributed by atoms with Crippen LogP contribution in [-0.4, -0.2) is 9.97 Å². The summed E-state index contributed by atoms with van der Waals surface area (Å²) in [5.74, 6) is 1.24. The van der Waals surface area contributed by atoms with Crippen LogP contribution in [-0.2, 0) is 6.42 Å². The number of fused-ring (bicyclic) bond motifs is 1. The Kier molecular flexibility index (Phi) is 3.33. The molecule has 0 fully saturated rings. The predicted octanol–water partition coefficient (Wildman–Crippen LogP) is 3.83. The average molecular weight is 263 g/mol. The largest absolute Gasteiger partial charge is 0.384 e. The maximum absolute atomic E-state index is 5.89. The van der Waals surface area contributed by atoms with Gasteiger partial charge in [0.25, 0.3) is 0 Å². The molecule has 1 heterocycles. The number of nitrogen functional groups attached to an aromatic ring is 1. The van der Waals surface area contributed by atoms with Crippen molar-refractivity contribution in [1.82, 2.24) is 9.97 Å². The van der Waals surface area contributed by atoms with Gasteiger partial charge >= 0.3 is 0 Å². The molecule has 3 heteroatoms. The first-order valence-corrected chi connectivity index (χ1v) is 6.89. The van der Waals surface area contributed by atoms with Crippen molar-refractivity contribution >= 4 is 16.6 Å². The molecule has 0 unspecified atom stereocenters. The minimum Gasteiger partial charge on any atom is -0.384 e. The second kappa shape index (κ2) is 5.29. The first-order chi connectivity index (χ1) is 9.76. The highest BCUT2D eigenvalue weighted by Gasteiger charge is 2.06. The Morgan fingerprint density at radius 3 is 2.55 bits per heavy atom. The Morgan fingerprint density at radius 2 is 1.75 bits per heavy atom. The SMILES string of the molecule is CCCc1cc(N)nc(-c2ccc3ccccc3c2)n1. The lowest BCUT2D eigenvalue weighted by Gasteiger charge is -2.06. The van der Waals surface area contributed by atoms with Gasteiger partial charge in [0, 0.05) is 17.3 Å². The van der Waals surface area contributed by atoms with E-state index in [0.29, 0.717) is 11.6 Å². The van der Waals surface area contributed by atoms with Crippen LogP contribution in [0.2, 0.25) is 0 Å². The zero-order valence-electron chi connectivity index (χ0n) is 11.5. The summed E-state index contributed by atoms with van der Waals surface area (Å²) in [6.45, 7) is 2.13. The highest BCUT2D eigenvalue weighted by atomic mass is 14.9. The van der Waals surface area contributed by atoms with Crippen molar-refractivity contribution in [1.29, 1.82) is 0 Å². The smallest absolute Gasteiger partial charge is 0.161 e. The monoisotopic (exact) mass is 263 g/mol. The molecule has 0 bridgehead atoms. The Balaban J connectivity index is 2.10. The van der Waals surface area contributed by atoms with Crippen molar-refractivity contribution in [3.8, 4) is 11.4 Å². The normalized spacial score (nSPS) is 10.8. The Labute approximate surface area is 118 Å². The maximum Gasteiger partial charge on any atom is 0.161 e. The van der Waals surface area contributed by atoms with Crippen molar-refractivity contribution in [2.45, 2.75) is 19.8 Å². The minimum atomic E-state index is 0.534. The molecule has 0 saturated heterocycles. The molecule has 2 N–H and O–H groups in total. The third-order valence-corrected chi connectivity index (χ3v) is 3.31. The fraction of sp³-hybridized carbons (Fsp3) is 0.176. The van der Waals surface area contributed by atoms with Crippen LogP contribution >= 0.6 is 0 Å². The van der Waals surface area contributed by atoms with Crippen LogP contribution in [0.25, 0.3) is 22.2 Å². The van der Waals surface area contributed by atoms with Crippen LogP contribution < -0.4 is 5.73 Å². The number of hydrogen-bond acceptors (Lipinski definition) is 3. The number of benzene rings is 2. The van der Waals surface area contributed by atoms with E-state index in [4.69, 9.17) is 5.73 Å². The maximum atomic E-state index is 5.89. The van der Waals surface area contributed by atoms with Gasteiger partial charge in [0.2, 0.25) is 0 Å². The van der Waals surface area contributed by atoms with E-state index in [-0.39, 0.29) is 0 Å². The second-order valence-corrected chi connectivity index (χ2v) is 4.92. The van der Waals surface area contributed by atoms with Gasteiger partial charge in [0.05, 0.1) is 0 Å². The highest BCUT2D eigenvalue weighted by molar-refractivity contribution is 5.86. The lowest BCUT2D eigenvalue weighted by Crippen LogP contribution is -2.00. The molecule has 0 saturated carbocycles. The van der Waals surface area contributed by atoms with Gasteiger partial charge < -0.3 is 5.73 Å². The number of aromatic nitrogens is 2. The summed E-state index contributed by atoms with van der Waals surface area (Å²) in [7, 11) is 0. The summed E-state index contributed by atoms with van der Waals surface area (Å²) in [6, 6.07) is 16.4. The lowest BCUT2D eigenvalue weighted by molar-refractivity contribution is 0.877. The van der Waals surface area contributed by atoms with E-state index in [2.05, 4.69) is 41.2 Å². The molecule has 0 atom stereocenters. The van der Waals surface area contributed by atoms with E-state index in [1.165, 1.54) is 10.8 Å². The van der Waals surface area contributed by atoms with Gasteiger partial charge in [0.15, 0.2) is 5.82 Å². The van der Waals surface area contributed by atoms with Crippen molar-refractivity contribution in [2.75, 3.05) is 5.73 Å². The first-order valence-electron chi connectivity index (χ1n) is 6.89. The number of nitrogens with zero attached hydrogens (tertiary/aromatic N) is 2. The van der Waals surface area contributed by atoms with E-state index in [9.17, 15) is 0 Å². The van der Waals surface area contributed by atoms with Crippen LogP contribution in [0.5, 0.6) is 0 Å². The Morgan fingerprint density at radius 1 is 0.950 bits per heavy atom. The summed E-state index contributed by atoms with van der Waals surface area (Å²) in [5, 5.41) is 2.40. The second-order valence-electron chi connectivity index (χ2n) is 4.92. The highest BCUT2D eigenvalue weighted by Crippen LogP contribution is 2.23. The van der Waals surface area contributed by atoms with Crippen LogP contribution in [0.1, 0.15) is 19.0 Å². The molecule has 0 aliphatic heterocycles. The molecule has 0 spiro atoms. The zero-order valence-corrected chi connectivity index (χ0v) is 11.5. The van der Waals surface area contributed by atoms with E-state index < -0.39 is 0 Å². The van der Waals surface area contributed by atoms with Gasteiger partial charge in [0.1, 0.15) is 5.82 Å². The number of rotatable bonds is 3. The summed E-state index contributed by atoms with van der Waals surface area (Å²) < 4.78 is 0. The third-order valence-electron chi connectivity index (χ3n) is 3.31. The zero-order chi connectivity index (χ0) is 13.9. The van der Waals surface area contributed by atoms with Gasteiger partial charge in [-0.05, 0) is 23.3 Å².